The maximum Gasteiger partial charge on any atom is 0.252 e. The van der Waals surface area contributed by atoms with Crippen LogP contribution in [0, 0.1) is 0 Å². The largest absolute Gasteiger partial charge is 0.510 e. The highest BCUT2D eigenvalue weighted by Crippen LogP contribution is 2.29. The van der Waals surface area contributed by atoms with E-state index in [-0.39, 0.29) is 23.0 Å². The number of nitrogens with one attached hydrogen (secondary N) is 1. The van der Waals surface area contributed by atoms with Gasteiger partial charge in [0, 0.05) is 12.1 Å². The monoisotopic (exact) mass is 225 g/mol. The van der Waals surface area contributed by atoms with Crippen molar-refractivity contribution in [3.63, 3.8) is 0 Å². The number of hydrogen-bond acceptors (Lipinski definition) is 4. The van der Waals surface area contributed by atoms with Crippen LogP contribution in [0.5, 0.6) is 0 Å². The zero-order valence-corrected chi connectivity index (χ0v) is 9.21. The Morgan fingerprint density at radius 1 is 1.67 bits per heavy atom. The molecule has 0 saturated carbocycles. The van der Waals surface area contributed by atoms with E-state index in [1.165, 1.54) is 17.8 Å². The number of carbonyl (C=O) groups is 1. The molecule has 0 radical (unpaired) electrons. The van der Waals surface area contributed by atoms with Gasteiger partial charge in [-0.25, -0.2) is 4.99 Å². The second kappa shape index (κ2) is 3.69. The molecule has 0 aliphatic carbocycles. The van der Waals surface area contributed by atoms with E-state index in [0.29, 0.717) is 11.0 Å². The van der Waals surface area contributed by atoms with Crippen LogP contribution in [0.2, 0.25) is 0 Å². The molecule has 0 spiro atoms. The molecular formula is C9H11N3O2S. The van der Waals surface area contributed by atoms with Crippen molar-refractivity contribution < 1.29 is 9.90 Å². The highest BCUT2D eigenvalue weighted by molar-refractivity contribution is 8.15. The van der Waals surface area contributed by atoms with Crippen LogP contribution in [0.3, 0.4) is 0 Å². The van der Waals surface area contributed by atoms with Gasteiger partial charge in [-0.3, -0.25) is 9.79 Å². The average molecular weight is 225 g/mol. The molecule has 6 heteroatoms. The Bertz CT molecular complexity index is 398. The molecule has 1 atom stereocenters. The van der Waals surface area contributed by atoms with E-state index in [1.54, 1.807) is 0 Å². The van der Waals surface area contributed by atoms with Gasteiger partial charge < -0.3 is 10.4 Å². The van der Waals surface area contributed by atoms with Crippen molar-refractivity contribution in [1.29, 1.82) is 0 Å². The van der Waals surface area contributed by atoms with E-state index in [2.05, 4.69) is 15.3 Å². The lowest BCUT2D eigenvalue weighted by atomic mass is 10.2. The Labute approximate surface area is 91.4 Å². The number of amidine groups is 2. The minimum absolute atomic E-state index is 0.0384. The molecule has 0 saturated heterocycles. The van der Waals surface area contributed by atoms with Crippen LogP contribution >= 0.6 is 11.8 Å². The summed E-state index contributed by atoms with van der Waals surface area (Å²) in [6.45, 7) is 3.90. The van der Waals surface area contributed by atoms with Crippen molar-refractivity contribution in [1.82, 2.24) is 5.32 Å². The number of aliphatic hydroxyl groups excluding tert-OH is 1. The van der Waals surface area contributed by atoms with Gasteiger partial charge in [-0.05, 0) is 13.8 Å². The van der Waals surface area contributed by atoms with Gasteiger partial charge in [-0.2, -0.15) is 0 Å². The number of hydrogen-bond donors (Lipinski definition) is 2. The molecule has 0 aromatic rings. The van der Waals surface area contributed by atoms with Crippen LogP contribution in [-0.4, -0.2) is 33.3 Å². The van der Waals surface area contributed by atoms with Crippen LogP contribution in [0.25, 0.3) is 0 Å². The highest BCUT2D eigenvalue weighted by Gasteiger charge is 2.34. The quantitative estimate of drug-likeness (QED) is 0.694. The molecule has 2 aliphatic rings. The van der Waals surface area contributed by atoms with E-state index in [9.17, 15) is 9.90 Å². The summed E-state index contributed by atoms with van der Waals surface area (Å²) in [6, 6.07) is 0.152. The molecule has 0 aromatic heterocycles. The molecule has 1 amide bonds. The molecule has 0 fully saturated rings. The zero-order valence-electron chi connectivity index (χ0n) is 8.39. The lowest BCUT2D eigenvalue weighted by Crippen LogP contribution is -2.40. The van der Waals surface area contributed by atoms with E-state index in [0.717, 1.165) is 0 Å². The van der Waals surface area contributed by atoms with Crippen LogP contribution < -0.4 is 5.32 Å². The third-order valence-corrected chi connectivity index (χ3v) is 2.96. The van der Waals surface area contributed by atoms with Crippen molar-refractivity contribution >= 4 is 28.7 Å². The van der Waals surface area contributed by atoms with Gasteiger partial charge in [0.15, 0.2) is 5.17 Å². The summed E-state index contributed by atoms with van der Waals surface area (Å²) < 4.78 is 0. The normalized spacial score (nSPS) is 27.5. The van der Waals surface area contributed by atoms with Crippen LogP contribution in [0.15, 0.2) is 21.8 Å². The van der Waals surface area contributed by atoms with Crippen molar-refractivity contribution in [2.24, 2.45) is 9.98 Å². The predicted molar refractivity (Wildman–Crippen MR) is 60.2 cm³/mol. The van der Waals surface area contributed by atoms with E-state index in [1.807, 2.05) is 13.8 Å². The van der Waals surface area contributed by atoms with Crippen LogP contribution in [-0.2, 0) is 4.79 Å². The highest BCUT2D eigenvalue weighted by atomic mass is 32.2. The van der Waals surface area contributed by atoms with Crippen LogP contribution in [0.1, 0.15) is 13.8 Å². The third kappa shape index (κ3) is 2.04. The summed E-state index contributed by atoms with van der Waals surface area (Å²) in [6.07, 6.45) is 1.18. The summed E-state index contributed by atoms with van der Waals surface area (Å²) in [4.78, 5) is 19.5. The smallest absolute Gasteiger partial charge is 0.252 e. The van der Waals surface area contributed by atoms with Gasteiger partial charge in [0.05, 0.1) is 0 Å². The number of amides is 1. The maximum atomic E-state index is 11.1. The summed E-state index contributed by atoms with van der Waals surface area (Å²) in [5.41, 5.74) is 0. The molecule has 2 rings (SSSR count). The number of thioether (sulfide) groups is 1. The number of nitrogens with zero attached hydrogens (tertiary/aromatic N) is 2. The number of carbonyl (C=O) groups excluding carboxylic acids is 1. The minimum atomic E-state index is -0.339. The Hall–Kier alpha value is -1.30. The van der Waals surface area contributed by atoms with Gasteiger partial charge in [-0.15, -0.1) is 0 Å². The predicted octanol–water partition coefficient (Wildman–Crippen LogP) is 0.836. The second-order valence-corrected chi connectivity index (χ2v) is 4.63. The van der Waals surface area contributed by atoms with E-state index >= 15 is 0 Å². The lowest BCUT2D eigenvalue weighted by Gasteiger charge is -2.15. The van der Waals surface area contributed by atoms with E-state index < -0.39 is 0 Å². The van der Waals surface area contributed by atoms with Crippen molar-refractivity contribution in [2.75, 3.05) is 0 Å². The molecule has 2 N–H and O–H groups in total. The van der Waals surface area contributed by atoms with Gasteiger partial charge >= 0.3 is 0 Å². The number of fused-ring (bicyclic) bond motifs is 1. The SMILES string of the molecule is CC(C)N=C1N=C2NC(=O)C=C(O)C2S1. The summed E-state index contributed by atoms with van der Waals surface area (Å²) >= 11 is 1.35. The summed E-state index contributed by atoms with van der Waals surface area (Å²) in [7, 11) is 0. The Kier molecular flexibility index (Phi) is 2.52. The first kappa shape index (κ1) is 10.2. The molecule has 2 aliphatic heterocycles. The fraction of sp³-hybridized carbons (Fsp3) is 0.444. The standard InChI is InChI=1S/C9H11N3O2S/c1-4(2)10-9-12-8-7(15-9)5(13)3-6(14)11-8/h3-4,7,13H,1-2H3,(H,10,11,12,14). The first-order valence-corrected chi connectivity index (χ1v) is 5.49. The van der Waals surface area contributed by atoms with Gasteiger partial charge in [0.1, 0.15) is 16.8 Å². The number of aliphatic hydroxyl groups is 1. The molecule has 0 aromatic carbocycles. The van der Waals surface area contributed by atoms with Crippen molar-refractivity contribution in [3.8, 4) is 0 Å². The Morgan fingerprint density at radius 3 is 3.07 bits per heavy atom. The lowest BCUT2D eigenvalue weighted by molar-refractivity contribution is -0.115. The van der Waals surface area contributed by atoms with Gasteiger partial charge in [0.25, 0.3) is 5.91 Å². The average Bonchev–Trinajstić information content (AvgIpc) is 2.45. The topological polar surface area (TPSA) is 74.0 Å². The number of rotatable bonds is 1. The molecule has 2 heterocycles. The van der Waals surface area contributed by atoms with Crippen LogP contribution in [0.4, 0.5) is 0 Å². The Morgan fingerprint density at radius 2 is 2.40 bits per heavy atom. The third-order valence-electron chi connectivity index (χ3n) is 1.86. The van der Waals surface area contributed by atoms with Gasteiger partial charge in [-0.1, -0.05) is 11.8 Å². The van der Waals surface area contributed by atoms with E-state index in [4.69, 9.17) is 0 Å². The molecule has 15 heavy (non-hydrogen) atoms. The number of aliphatic imine (C=N–C) groups is 2. The molecule has 0 bridgehead atoms. The fourth-order valence-electron chi connectivity index (χ4n) is 1.30. The van der Waals surface area contributed by atoms with Gasteiger partial charge in [0.2, 0.25) is 0 Å². The Balaban J connectivity index is 2.26. The molecule has 1 unspecified atom stereocenters. The second-order valence-electron chi connectivity index (χ2n) is 3.56. The maximum absolute atomic E-state index is 11.1. The molecule has 80 valence electrons. The zero-order chi connectivity index (χ0) is 11.0. The fourth-order valence-corrected chi connectivity index (χ4v) is 2.34. The van der Waals surface area contributed by atoms with Crippen molar-refractivity contribution in [2.45, 2.75) is 25.1 Å². The summed E-state index contributed by atoms with van der Waals surface area (Å²) in [5.74, 6) is 0.176. The van der Waals surface area contributed by atoms with Crippen molar-refractivity contribution in [3.05, 3.63) is 11.8 Å². The molecule has 5 nitrogen and oxygen atoms in total. The first-order valence-electron chi connectivity index (χ1n) is 4.61. The first-order chi connectivity index (χ1) is 7.06. The minimum Gasteiger partial charge on any atom is -0.510 e. The molecular weight excluding hydrogens is 214 g/mol. The summed E-state index contributed by atoms with van der Waals surface area (Å²) in [5, 5.41) is 12.4.